The Bertz CT molecular complexity index is 755. The third-order valence-corrected chi connectivity index (χ3v) is 6.44. The van der Waals surface area contributed by atoms with Crippen LogP contribution in [-0.4, -0.2) is 59.2 Å². The molecule has 2 fully saturated rings. The Hall–Kier alpha value is -1.93. The third kappa shape index (κ3) is 5.82. The first kappa shape index (κ1) is 22.7. The van der Waals surface area contributed by atoms with Crippen LogP contribution in [0.2, 0.25) is 0 Å². The summed E-state index contributed by atoms with van der Waals surface area (Å²) in [6.07, 6.45) is 2.67. The van der Waals surface area contributed by atoms with Crippen molar-refractivity contribution < 1.29 is 14.4 Å². The van der Waals surface area contributed by atoms with Crippen molar-refractivity contribution in [3.63, 3.8) is 0 Å². The van der Waals surface area contributed by atoms with E-state index in [4.69, 9.17) is 5.73 Å². The highest BCUT2D eigenvalue weighted by Crippen LogP contribution is 2.35. The number of thiophene rings is 1. The quantitative estimate of drug-likeness (QED) is 0.654. The fraction of sp³-hybridized carbons (Fsp3) is 0.682. The average molecular weight is 435 g/mol. The molecule has 30 heavy (non-hydrogen) atoms. The molecule has 2 atom stereocenters. The molecule has 1 aromatic rings. The van der Waals surface area contributed by atoms with Crippen molar-refractivity contribution >= 4 is 29.1 Å². The zero-order valence-electron chi connectivity index (χ0n) is 18.2. The largest absolute Gasteiger partial charge is 0.353 e. The SMILES string of the molecule is CC(C)(C)CC(=O)N(Cc1cccs1)C1CC(C(=O)NCCN)N(C(=O)C2CC2)C1. The van der Waals surface area contributed by atoms with Crippen LogP contribution in [0.15, 0.2) is 17.5 Å². The standard InChI is InChI=1S/C22H34N4O3S/c1-22(2,3)12-19(27)25(14-17-5-4-10-30-17)16-11-18(20(28)24-9-8-23)26(13-16)21(29)15-6-7-15/h4-5,10,15-16,18H,6-9,11-14,23H2,1-3H3,(H,24,28). The van der Waals surface area contributed by atoms with E-state index in [-0.39, 0.29) is 35.1 Å². The van der Waals surface area contributed by atoms with Crippen LogP contribution in [0, 0.1) is 11.3 Å². The van der Waals surface area contributed by atoms with Crippen LogP contribution < -0.4 is 11.1 Å². The summed E-state index contributed by atoms with van der Waals surface area (Å²) in [5.41, 5.74) is 5.40. The topological polar surface area (TPSA) is 95.7 Å². The molecule has 2 heterocycles. The maximum absolute atomic E-state index is 13.3. The second-order valence-electron chi connectivity index (χ2n) is 9.59. The Kier molecular flexibility index (Phi) is 7.18. The molecule has 1 aliphatic heterocycles. The van der Waals surface area contributed by atoms with Crippen LogP contribution in [0.4, 0.5) is 0 Å². The van der Waals surface area contributed by atoms with Gasteiger partial charge in [-0.3, -0.25) is 14.4 Å². The van der Waals surface area contributed by atoms with Gasteiger partial charge >= 0.3 is 0 Å². The second-order valence-corrected chi connectivity index (χ2v) is 10.6. The minimum absolute atomic E-state index is 0.0320. The summed E-state index contributed by atoms with van der Waals surface area (Å²) in [5.74, 6) is -0.0200. The van der Waals surface area contributed by atoms with Crippen LogP contribution in [0.25, 0.3) is 0 Å². The Balaban J connectivity index is 1.81. The van der Waals surface area contributed by atoms with Crippen molar-refractivity contribution in [2.75, 3.05) is 19.6 Å². The molecule has 166 valence electrons. The lowest BCUT2D eigenvalue weighted by atomic mass is 9.91. The van der Waals surface area contributed by atoms with Crippen molar-refractivity contribution in [3.8, 4) is 0 Å². The predicted octanol–water partition coefficient (Wildman–Crippen LogP) is 1.97. The van der Waals surface area contributed by atoms with Crippen LogP contribution in [0.5, 0.6) is 0 Å². The van der Waals surface area contributed by atoms with Crippen LogP contribution >= 0.6 is 11.3 Å². The van der Waals surface area contributed by atoms with E-state index in [1.807, 2.05) is 22.4 Å². The Morgan fingerprint density at radius 3 is 2.60 bits per heavy atom. The van der Waals surface area contributed by atoms with E-state index in [2.05, 4.69) is 26.1 Å². The maximum Gasteiger partial charge on any atom is 0.242 e. The zero-order valence-corrected chi connectivity index (χ0v) is 19.0. The Morgan fingerprint density at radius 1 is 1.30 bits per heavy atom. The lowest BCUT2D eigenvalue weighted by Crippen LogP contribution is -2.47. The first-order valence-electron chi connectivity index (χ1n) is 10.8. The van der Waals surface area contributed by atoms with Gasteiger partial charge in [-0.25, -0.2) is 0 Å². The Labute approximate surface area is 183 Å². The molecule has 0 bridgehead atoms. The fourth-order valence-corrected chi connectivity index (χ4v) is 4.66. The summed E-state index contributed by atoms with van der Waals surface area (Å²) >= 11 is 1.62. The van der Waals surface area contributed by atoms with Gasteiger partial charge in [-0.2, -0.15) is 0 Å². The van der Waals surface area contributed by atoms with Gasteiger partial charge in [0.25, 0.3) is 0 Å². The van der Waals surface area contributed by atoms with E-state index in [1.165, 1.54) is 0 Å². The van der Waals surface area contributed by atoms with E-state index in [1.54, 1.807) is 16.2 Å². The Morgan fingerprint density at radius 2 is 2.03 bits per heavy atom. The number of rotatable bonds is 8. The maximum atomic E-state index is 13.3. The van der Waals surface area contributed by atoms with E-state index in [0.29, 0.717) is 39.0 Å². The molecule has 1 saturated heterocycles. The molecule has 1 aliphatic carbocycles. The molecule has 0 spiro atoms. The van der Waals surface area contributed by atoms with Crippen LogP contribution in [0.3, 0.4) is 0 Å². The van der Waals surface area contributed by atoms with Gasteiger partial charge < -0.3 is 20.9 Å². The molecular formula is C22H34N4O3S. The summed E-state index contributed by atoms with van der Waals surface area (Å²) in [6, 6.07) is 3.30. The minimum Gasteiger partial charge on any atom is -0.353 e. The molecule has 1 saturated carbocycles. The van der Waals surface area contributed by atoms with Crippen molar-refractivity contribution in [2.24, 2.45) is 17.1 Å². The summed E-state index contributed by atoms with van der Waals surface area (Å²) in [4.78, 5) is 43.6. The third-order valence-electron chi connectivity index (χ3n) is 5.58. The molecule has 0 radical (unpaired) electrons. The normalized spacial score (nSPS) is 21.5. The first-order valence-corrected chi connectivity index (χ1v) is 11.7. The lowest BCUT2D eigenvalue weighted by molar-refractivity contribution is -0.140. The van der Waals surface area contributed by atoms with Crippen molar-refractivity contribution in [3.05, 3.63) is 22.4 Å². The van der Waals surface area contributed by atoms with E-state index in [0.717, 1.165) is 17.7 Å². The number of hydrogen-bond donors (Lipinski definition) is 2. The molecule has 2 unspecified atom stereocenters. The summed E-state index contributed by atoms with van der Waals surface area (Å²) in [7, 11) is 0. The van der Waals surface area contributed by atoms with E-state index < -0.39 is 6.04 Å². The van der Waals surface area contributed by atoms with Gasteiger partial charge in [-0.1, -0.05) is 26.8 Å². The minimum atomic E-state index is -0.539. The number of hydrogen-bond acceptors (Lipinski definition) is 5. The zero-order chi connectivity index (χ0) is 21.9. The van der Waals surface area contributed by atoms with Crippen molar-refractivity contribution in [2.45, 2.75) is 65.1 Å². The number of nitrogens with zero attached hydrogens (tertiary/aromatic N) is 2. The molecule has 3 amide bonds. The highest BCUT2D eigenvalue weighted by molar-refractivity contribution is 7.09. The van der Waals surface area contributed by atoms with Gasteiger partial charge in [0.2, 0.25) is 17.7 Å². The molecule has 1 aromatic heterocycles. The van der Waals surface area contributed by atoms with E-state index in [9.17, 15) is 14.4 Å². The summed E-state index contributed by atoms with van der Waals surface area (Å²) in [6.45, 7) is 7.82. The predicted molar refractivity (Wildman–Crippen MR) is 118 cm³/mol. The molecule has 8 heteroatoms. The van der Waals surface area contributed by atoms with Gasteiger partial charge in [0.1, 0.15) is 6.04 Å². The molecule has 3 rings (SSSR count). The number of likely N-dealkylation sites (tertiary alicyclic amines) is 1. The fourth-order valence-electron chi connectivity index (χ4n) is 3.96. The molecular weight excluding hydrogens is 400 g/mol. The lowest BCUT2D eigenvalue weighted by Gasteiger charge is -2.31. The van der Waals surface area contributed by atoms with E-state index >= 15 is 0 Å². The van der Waals surface area contributed by atoms with Crippen LogP contribution in [0.1, 0.15) is 51.3 Å². The van der Waals surface area contributed by atoms with Gasteiger partial charge in [0.05, 0.1) is 12.6 Å². The summed E-state index contributed by atoms with van der Waals surface area (Å²) in [5, 5.41) is 4.83. The first-order chi connectivity index (χ1) is 14.2. The monoisotopic (exact) mass is 434 g/mol. The van der Waals surface area contributed by atoms with Gasteiger partial charge in [0, 0.05) is 36.9 Å². The van der Waals surface area contributed by atoms with Gasteiger partial charge in [-0.05, 0) is 36.1 Å². The smallest absolute Gasteiger partial charge is 0.242 e. The second kappa shape index (κ2) is 9.47. The highest BCUT2D eigenvalue weighted by Gasteiger charge is 2.46. The number of carbonyl (C=O) groups is 3. The number of nitrogens with one attached hydrogen (secondary N) is 1. The number of nitrogens with two attached hydrogens (primary N) is 1. The molecule has 7 nitrogen and oxygen atoms in total. The highest BCUT2D eigenvalue weighted by atomic mass is 32.1. The molecule has 2 aliphatic rings. The number of carbonyl (C=O) groups excluding carboxylic acids is 3. The van der Waals surface area contributed by atoms with Crippen molar-refractivity contribution in [1.82, 2.24) is 15.1 Å². The number of amides is 3. The average Bonchev–Trinajstić information content (AvgIpc) is 3.22. The van der Waals surface area contributed by atoms with Crippen LogP contribution in [-0.2, 0) is 20.9 Å². The van der Waals surface area contributed by atoms with Gasteiger partial charge in [-0.15, -0.1) is 11.3 Å². The van der Waals surface area contributed by atoms with Gasteiger partial charge in [0.15, 0.2) is 0 Å². The summed E-state index contributed by atoms with van der Waals surface area (Å²) < 4.78 is 0. The molecule has 0 aromatic carbocycles. The van der Waals surface area contributed by atoms with Crippen molar-refractivity contribution in [1.29, 1.82) is 0 Å². The molecule has 3 N–H and O–H groups in total.